The van der Waals surface area contributed by atoms with E-state index in [1.165, 1.54) is 10.4 Å². The van der Waals surface area contributed by atoms with Gasteiger partial charge in [-0.3, -0.25) is 4.79 Å². The van der Waals surface area contributed by atoms with E-state index in [4.69, 9.17) is 0 Å². The third-order valence-corrected chi connectivity index (χ3v) is 5.08. The Morgan fingerprint density at radius 3 is 2.95 bits per heavy atom. The lowest BCUT2D eigenvalue weighted by atomic mass is 10.2. The van der Waals surface area contributed by atoms with Gasteiger partial charge in [0.2, 0.25) is 5.91 Å². The largest absolute Gasteiger partial charge is 0.350 e. The summed E-state index contributed by atoms with van der Waals surface area (Å²) in [4.78, 5) is 14.1. The van der Waals surface area contributed by atoms with Crippen LogP contribution in [0.25, 0.3) is 0 Å². The maximum Gasteiger partial charge on any atom is 0.230 e. The van der Waals surface area contributed by atoms with Gasteiger partial charge in [-0.1, -0.05) is 22.0 Å². The topological polar surface area (TPSA) is 29.1 Å². The Morgan fingerprint density at radius 2 is 2.26 bits per heavy atom. The van der Waals surface area contributed by atoms with Crippen LogP contribution in [0.5, 0.6) is 0 Å². The molecule has 0 unspecified atom stereocenters. The second-order valence-electron chi connectivity index (χ2n) is 4.05. The summed E-state index contributed by atoms with van der Waals surface area (Å²) in [6.07, 6.45) is 0. The first-order valence-corrected chi connectivity index (χ1v) is 8.49. The van der Waals surface area contributed by atoms with Gasteiger partial charge in [0, 0.05) is 14.2 Å². The number of benzene rings is 1. The van der Waals surface area contributed by atoms with Crippen molar-refractivity contribution in [2.45, 2.75) is 18.4 Å². The molecule has 0 saturated carbocycles. The highest BCUT2D eigenvalue weighted by atomic mass is 79.9. The minimum absolute atomic E-state index is 0.0701. The molecule has 1 N–H and O–H groups in total. The Kier molecular flexibility index (Phi) is 5.48. The van der Waals surface area contributed by atoms with E-state index >= 15 is 0 Å². The molecule has 0 aliphatic heterocycles. The Morgan fingerprint density at radius 1 is 1.42 bits per heavy atom. The average molecular weight is 356 g/mol. The molecule has 0 spiro atoms. The van der Waals surface area contributed by atoms with Crippen LogP contribution in [0.15, 0.2) is 45.1 Å². The van der Waals surface area contributed by atoms with Crippen LogP contribution >= 0.6 is 39.0 Å². The maximum atomic E-state index is 11.8. The number of carbonyl (C=O) groups is 1. The standard InChI is InChI=1S/C14H14BrNOS2/c1-10-7-11(15)4-5-13(10)19-9-14(17)16-8-12-3-2-6-18-12/h2-7H,8-9H2,1H3,(H,16,17). The van der Waals surface area contributed by atoms with Crippen molar-refractivity contribution in [3.05, 3.63) is 50.6 Å². The van der Waals surface area contributed by atoms with Gasteiger partial charge in [0.25, 0.3) is 0 Å². The van der Waals surface area contributed by atoms with E-state index in [1.54, 1.807) is 23.1 Å². The molecule has 100 valence electrons. The van der Waals surface area contributed by atoms with Gasteiger partial charge in [-0.15, -0.1) is 23.1 Å². The van der Waals surface area contributed by atoms with Crippen molar-refractivity contribution in [2.75, 3.05) is 5.75 Å². The summed E-state index contributed by atoms with van der Waals surface area (Å²) in [5.74, 6) is 0.522. The molecule has 1 heterocycles. The zero-order valence-electron chi connectivity index (χ0n) is 10.5. The number of rotatable bonds is 5. The molecule has 2 aromatic rings. The molecule has 0 aliphatic carbocycles. The van der Waals surface area contributed by atoms with E-state index in [2.05, 4.69) is 34.2 Å². The fourth-order valence-electron chi connectivity index (χ4n) is 1.57. The summed E-state index contributed by atoms with van der Waals surface area (Å²) in [7, 11) is 0. The minimum atomic E-state index is 0.0701. The second-order valence-corrected chi connectivity index (χ2v) is 7.02. The van der Waals surface area contributed by atoms with Crippen LogP contribution in [0.3, 0.4) is 0 Å². The van der Waals surface area contributed by atoms with Gasteiger partial charge in [-0.2, -0.15) is 0 Å². The minimum Gasteiger partial charge on any atom is -0.350 e. The molecule has 1 aromatic carbocycles. The van der Waals surface area contributed by atoms with Gasteiger partial charge in [-0.05, 0) is 42.1 Å². The summed E-state index contributed by atoms with van der Waals surface area (Å²) in [5.41, 5.74) is 1.19. The highest BCUT2D eigenvalue weighted by molar-refractivity contribution is 9.10. The fourth-order valence-corrected chi connectivity index (χ4v) is 3.53. The van der Waals surface area contributed by atoms with Crippen molar-refractivity contribution in [2.24, 2.45) is 0 Å². The van der Waals surface area contributed by atoms with Gasteiger partial charge < -0.3 is 5.32 Å². The van der Waals surface area contributed by atoms with Crippen LogP contribution < -0.4 is 5.32 Å². The molecule has 2 nitrogen and oxygen atoms in total. The van der Waals surface area contributed by atoms with Crippen LogP contribution in [0.2, 0.25) is 0 Å². The Hall–Kier alpha value is -0.780. The van der Waals surface area contributed by atoms with Crippen molar-refractivity contribution in [3.63, 3.8) is 0 Å². The van der Waals surface area contributed by atoms with E-state index in [0.717, 1.165) is 9.37 Å². The number of halogens is 1. The number of aryl methyl sites for hydroxylation is 1. The molecule has 0 atom stereocenters. The summed E-state index contributed by atoms with van der Waals surface area (Å²) in [6, 6.07) is 10.1. The number of hydrogen-bond donors (Lipinski definition) is 1. The summed E-state index contributed by atoms with van der Waals surface area (Å²) in [6.45, 7) is 2.67. The highest BCUT2D eigenvalue weighted by Gasteiger charge is 2.05. The van der Waals surface area contributed by atoms with Crippen LogP contribution in [0.4, 0.5) is 0 Å². The SMILES string of the molecule is Cc1cc(Br)ccc1SCC(=O)NCc1cccs1. The molecule has 5 heteroatoms. The van der Waals surface area contributed by atoms with Crippen LogP contribution in [0, 0.1) is 6.92 Å². The lowest BCUT2D eigenvalue weighted by Crippen LogP contribution is -2.24. The lowest BCUT2D eigenvalue weighted by Gasteiger charge is -2.06. The van der Waals surface area contributed by atoms with Crippen molar-refractivity contribution in [3.8, 4) is 0 Å². The molecule has 0 fully saturated rings. The first kappa shape index (κ1) is 14.6. The predicted molar refractivity (Wildman–Crippen MR) is 85.8 cm³/mol. The van der Waals surface area contributed by atoms with Gasteiger partial charge in [0.05, 0.1) is 12.3 Å². The summed E-state index contributed by atoms with van der Waals surface area (Å²) >= 11 is 6.66. The molecule has 0 bridgehead atoms. The van der Waals surface area contributed by atoms with Crippen LogP contribution in [-0.4, -0.2) is 11.7 Å². The van der Waals surface area contributed by atoms with E-state index in [0.29, 0.717) is 12.3 Å². The number of hydrogen-bond acceptors (Lipinski definition) is 3. The molecule has 19 heavy (non-hydrogen) atoms. The molecule has 1 aromatic heterocycles. The van der Waals surface area contributed by atoms with Gasteiger partial charge in [-0.25, -0.2) is 0 Å². The zero-order chi connectivity index (χ0) is 13.7. The summed E-state index contributed by atoms with van der Waals surface area (Å²) in [5, 5.41) is 4.94. The van der Waals surface area contributed by atoms with Crippen molar-refractivity contribution >= 4 is 44.9 Å². The molecule has 0 saturated heterocycles. The number of amides is 1. The summed E-state index contributed by atoms with van der Waals surface area (Å²) < 4.78 is 1.07. The Bertz CT molecular complexity index is 555. The number of thioether (sulfide) groups is 1. The van der Waals surface area contributed by atoms with Crippen molar-refractivity contribution in [1.82, 2.24) is 5.32 Å². The quantitative estimate of drug-likeness (QED) is 0.813. The van der Waals surface area contributed by atoms with E-state index in [1.807, 2.05) is 29.6 Å². The highest BCUT2D eigenvalue weighted by Crippen LogP contribution is 2.25. The average Bonchev–Trinajstić information content (AvgIpc) is 2.88. The molecular weight excluding hydrogens is 342 g/mol. The van der Waals surface area contributed by atoms with Gasteiger partial charge in [0.15, 0.2) is 0 Å². The lowest BCUT2D eigenvalue weighted by molar-refractivity contribution is -0.118. The third kappa shape index (κ3) is 4.67. The smallest absolute Gasteiger partial charge is 0.230 e. The first-order valence-electron chi connectivity index (χ1n) is 5.83. The first-order chi connectivity index (χ1) is 9.15. The third-order valence-electron chi connectivity index (χ3n) is 2.54. The number of nitrogens with one attached hydrogen (secondary N) is 1. The van der Waals surface area contributed by atoms with Crippen molar-refractivity contribution in [1.29, 1.82) is 0 Å². The van der Waals surface area contributed by atoms with Crippen molar-refractivity contribution < 1.29 is 4.79 Å². The molecule has 2 rings (SSSR count). The van der Waals surface area contributed by atoms with Crippen LogP contribution in [0.1, 0.15) is 10.4 Å². The molecule has 1 amide bonds. The number of carbonyl (C=O) groups excluding carboxylic acids is 1. The normalized spacial score (nSPS) is 10.4. The fraction of sp³-hybridized carbons (Fsp3) is 0.214. The second kappa shape index (κ2) is 7.12. The van der Waals surface area contributed by atoms with E-state index in [9.17, 15) is 4.79 Å². The molecular formula is C14H14BrNOS2. The van der Waals surface area contributed by atoms with Gasteiger partial charge >= 0.3 is 0 Å². The number of thiophene rings is 1. The van der Waals surface area contributed by atoms with Crippen LogP contribution in [-0.2, 0) is 11.3 Å². The maximum absolute atomic E-state index is 11.8. The predicted octanol–water partition coefficient (Wildman–Crippen LogP) is 4.23. The molecule has 0 radical (unpaired) electrons. The van der Waals surface area contributed by atoms with Gasteiger partial charge in [0.1, 0.15) is 0 Å². The monoisotopic (exact) mass is 355 g/mol. The Balaban J connectivity index is 1.80. The zero-order valence-corrected chi connectivity index (χ0v) is 13.7. The molecule has 0 aliphatic rings. The van der Waals surface area contributed by atoms with E-state index < -0.39 is 0 Å². The Labute approximate surface area is 129 Å². The van der Waals surface area contributed by atoms with E-state index in [-0.39, 0.29) is 5.91 Å².